The van der Waals surface area contributed by atoms with Gasteiger partial charge < -0.3 is 10.1 Å². The number of aromatic nitrogens is 1. The van der Waals surface area contributed by atoms with Crippen molar-refractivity contribution in [1.82, 2.24) is 10.3 Å². The van der Waals surface area contributed by atoms with Crippen molar-refractivity contribution in [2.45, 2.75) is 26.3 Å². The highest BCUT2D eigenvalue weighted by Crippen LogP contribution is 2.32. The summed E-state index contributed by atoms with van der Waals surface area (Å²) in [5.41, 5.74) is 2.20. The number of hydrogen-bond donors (Lipinski definition) is 1. The topological polar surface area (TPSA) is 34.1 Å². The molecule has 0 aliphatic carbocycles. The van der Waals surface area contributed by atoms with E-state index in [1.165, 1.54) is 5.56 Å². The Labute approximate surface area is 142 Å². The van der Waals surface area contributed by atoms with Gasteiger partial charge in [-0.2, -0.15) is 0 Å². The molecule has 0 unspecified atom stereocenters. The number of pyridine rings is 1. The Balaban J connectivity index is 2.33. The second kappa shape index (κ2) is 7.38. The first kappa shape index (κ1) is 16.5. The van der Waals surface area contributed by atoms with E-state index in [9.17, 15) is 0 Å². The minimum Gasteiger partial charge on any atom is -0.438 e. The molecule has 0 bridgehead atoms. The molecule has 0 aliphatic heterocycles. The minimum atomic E-state index is 0.359. The van der Waals surface area contributed by atoms with E-state index in [-0.39, 0.29) is 0 Å². The van der Waals surface area contributed by atoms with Gasteiger partial charge in [-0.05, 0) is 58.7 Å². The van der Waals surface area contributed by atoms with Gasteiger partial charge in [0.2, 0.25) is 5.88 Å². The zero-order valence-electron chi connectivity index (χ0n) is 12.3. The molecule has 0 saturated carbocycles. The predicted octanol–water partition coefficient (Wildman–Crippen LogP) is 5.24. The molecule has 3 nitrogen and oxygen atoms in total. The molecule has 0 atom stereocenters. The Morgan fingerprint density at radius 3 is 2.57 bits per heavy atom. The molecule has 5 heteroatoms. The van der Waals surface area contributed by atoms with E-state index in [1.807, 2.05) is 31.3 Å². The summed E-state index contributed by atoms with van der Waals surface area (Å²) < 4.78 is 7.83. The Kier molecular flexibility index (Phi) is 5.79. The van der Waals surface area contributed by atoms with Crippen molar-refractivity contribution in [1.29, 1.82) is 0 Å². The molecule has 0 aliphatic rings. The molecule has 112 valence electrons. The zero-order chi connectivity index (χ0) is 15.4. The molecule has 2 rings (SSSR count). The molecule has 1 aromatic carbocycles. The van der Waals surface area contributed by atoms with Crippen molar-refractivity contribution in [2.75, 3.05) is 7.05 Å². The maximum Gasteiger partial charge on any atom is 0.219 e. The maximum absolute atomic E-state index is 5.94. The van der Waals surface area contributed by atoms with Gasteiger partial charge in [0.05, 0.1) is 4.47 Å². The molecule has 1 N–H and O–H groups in total. The Morgan fingerprint density at radius 1 is 1.19 bits per heavy atom. The van der Waals surface area contributed by atoms with Crippen LogP contribution in [-0.2, 0) is 6.54 Å². The van der Waals surface area contributed by atoms with Gasteiger partial charge in [0.15, 0.2) is 0 Å². The second-order valence-electron chi connectivity index (χ2n) is 5.10. The van der Waals surface area contributed by atoms with E-state index in [1.54, 1.807) is 0 Å². The molecule has 1 heterocycles. The van der Waals surface area contributed by atoms with Gasteiger partial charge in [0.25, 0.3) is 0 Å². The van der Waals surface area contributed by atoms with Crippen molar-refractivity contribution in [2.24, 2.45) is 0 Å². The lowest BCUT2D eigenvalue weighted by atomic mass is 10.1. The predicted molar refractivity (Wildman–Crippen MR) is 93.0 cm³/mol. The van der Waals surface area contributed by atoms with E-state index in [2.05, 4.69) is 62.1 Å². The monoisotopic (exact) mass is 412 g/mol. The van der Waals surface area contributed by atoms with Crippen LogP contribution in [0.1, 0.15) is 31.0 Å². The van der Waals surface area contributed by atoms with Crippen molar-refractivity contribution < 1.29 is 4.74 Å². The number of rotatable bonds is 5. The quantitative estimate of drug-likeness (QED) is 0.727. The van der Waals surface area contributed by atoms with Crippen LogP contribution in [0.5, 0.6) is 11.6 Å². The summed E-state index contributed by atoms with van der Waals surface area (Å²) in [6.45, 7) is 5.05. The summed E-state index contributed by atoms with van der Waals surface area (Å²) in [6.07, 6.45) is 0. The molecule has 0 amide bonds. The molecular formula is C16H18Br2N2O. The fraction of sp³-hybridized carbons (Fsp3) is 0.312. The number of nitrogens with zero attached hydrogens (tertiary/aromatic N) is 1. The van der Waals surface area contributed by atoms with Crippen molar-refractivity contribution in [3.63, 3.8) is 0 Å². The molecule has 0 saturated heterocycles. The van der Waals surface area contributed by atoms with Crippen molar-refractivity contribution in [3.05, 3.63) is 50.5 Å². The van der Waals surface area contributed by atoms with Crippen LogP contribution in [0, 0.1) is 0 Å². The van der Waals surface area contributed by atoms with Crippen LogP contribution in [0.15, 0.2) is 39.3 Å². The summed E-state index contributed by atoms with van der Waals surface area (Å²) in [7, 11) is 1.93. The fourth-order valence-electron chi connectivity index (χ4n) is 1.91. The molecule has 0 radical (unpaired) electrons. The Hall–Kier alpha value is -0.910. The molecule has 1 aromatic heterocycles. The van der Waals surface area contributed by atoms with Crippen molar-refractivity contribution in [3.8, 4) is 11.6 Å². The van der Waals surface area contributed by atoms with Crippen LogP contribution in [0.2, 0.25) is 0 Å². The summed E-state index contributed by atoms with van der Waals surface area (Å²) >= 11 is 6.94. The summed E-state index contributed by atoms with van der Waals surface area (Å²) in [4.78, 5) is 4.59. The first-order valence-electron chi connectivity index (χ1n) is 6.78. The highest BCUT2D eigenvalue weighted by molar-refractivity contribution is 9.11. The van der Waals surface area contributed by atoms with Gasteiger partial charge in [-0.15, -0.1) is 0 Å². The average molecular weight is 414 g/mol. The third-order valence-electron chi connectivity index (χ3n) is 2.96. The molecular weight excluding hydrogens is 396 g/mol. The average Bonchev–Trinajstić information content (AvgIpc) is 2.42. The van der Waals surface area contributed by atoms with Crippen LogP contribution in [0.3, 0.4) is 0 Å². The maximum atomic E-state index is 5.94. The van der Waals surface area contributed by atoms with Crippen LogP contribution in [0.25, 0.3) is 0 Å². The summed E-state index contributed by atoms with van der Waals surface area (Å²) in [5.74, 6) is 1.73. The number of ether oxygens (including phenoxy) is 1. The second-order valence-corrected chi connectivity index (χ2v) is 6.87. The van der Waals surface area contributed by atoms with E-state index >= 15 is 0 Å². The van der Waals surface area contributed by atoms with Gasteiger partial charge in [-0.3, -0.25) is 0 Å². The Morgan fingerprint density at radius 2 is 1.95 bits per heavy atom. The van der Waals surface area contributed by atoms with Gasteiger partial charge in [-0.25, -0.2) is 4.98 Å². The first-order chi connectivity index (χ1) is 9.99. The standard InChI is InChI=1S/C16H18Br2N2O/c1-10(2)14-6-11(9-19-3)7-16(20-14)21-15-5-4-12(17)8-13(15)18/h4-8,10,19H,9H2,1-3H3. The third kappa shape index (κ3) is 4.53. The van der Waals surface area contributed by atoms with E-state index in [0.29, 0.717) is 11.8 Å². The van der Waals surface area contributed by atoms with Gasteiger partial charge in [0, 0.05) is 22.8 Å². The normalized spacial score (nSPS) is 11.0. The molecule has 0 spiro atoms. The van der Waals surface area contributed by atoms with E-state index < -0.39 is 0 Å². The smallest absolute Gasteiger partial charge is 0.219 e. The summed E-state index contributed by atoms with van der Waals surface area (Å²) in [6, 6.07) is 9.90. The lowest BCUT2D eigenvalue weighted by Crippen LogP contribution is -2.07. The first-order valence-corrected chi connectivity index (χ1v) is 8.36. The highest BCUT2D eigenvalue weighted by atomic mass is 79.9. The van der Waals surface area contributed by atoms with Gasteiger partial charge >= 0.3 is 0 Å². The Bertz CT molecular complexity index is 630. The van der Waals surface area contributed by atoms with Crippen LogP contribution >= 0.6 is 31.9 Å². The summed E-state index contributed by atoms with van der Waals surface area (Å²) in [5, 5.41) is 3.16. The van der Waals surface area contributed by atoms with E-state index in [0.717, 1.165) is 26.9 Å². The van der Waals surface area contributed by atoms with Gasteiger partial charge in [0.1, 0.15) is 5.75 Å². The number of benzene rings is 1. The highest BCUT2D eigenvalue weighted by Gasteiger charge is 2.09. The van der Waals surface area contributed by atoms with Crippen LogP contribution in [0.4, 0.5) is 0 Å². The number of hydrogen-bond acceptors (Lipinski definition) is 3. The minimum absolute atomic E-state index is 0.359. The fourth-order valence-corrected chi connectivity index (χ4v) is 3.03. The van der Waals surface area contributed by atoms with Crippen molar-refractivity contribution >= 4 is 31.9 Å². The lowest BCUT2D eigenvalue weighted by Gasteiger charge is -2.12. The molecule has 0 fully saturated rings. The molecule has 21 heavy (non-hydrogen) atoms. The number of nitrogens with one attached hydrogen (secondary N) is 1. The number of halogens is 2. The third-order valence-corrected chi connectivity index (χ3v) is 4.08. The molecule has 2 aromatic rings. The van der Waals surface area contributed by atoms with Gasteiger partial charge in [-0.1, -0.05) is 29.8 Å². The van der Waals surface area contributed by atoms with Crippen LogP contribution in [-0.4, -0.2) is 12.0 Å². The lowest BCUT2D eigenvalue weighted by molar-refractivity contribution is 0.455. The SMILES string of the molecule is CNCc1cc(Oc2ccc(Br)cc2Br)nc(C(C)C)c1. The largest absolute Gasteiger partial charge is 0.438 e. The zero-order valence-corrected chi connectivity index (χ0v) is 15.5. The van der Waals surface area contributed by atoms with Crippen LogP contribution < -0.4 is 10.1 Å². The van der Waals surface area contributed by atoms with E-state index in [4.69, 9.17) is 4.74 Å².